The molecule has 0 atom stereocenters. The van der Waals surface area contributed by atoms with Crippen LogP contribution in [0.3, 0.4) is 0 Å². The van der Waals surface area contributed by atoms with Gasteiger partial charge in [0.15, 0.2) is 0 Å². The number of ether oxygens (including phenoxy) is 1. The molecule has 8 heteroatoms. The van der Waals surface area contributed by atoms with E-state index in [4.69, 9.17) is 16.3 Å². The lowest BCUT2D eigenvalue weighted by Gasteiger charge is -2.21. The van der Waals surface area contributed by atoms with Gasteiger partial charge < -0.3 is 20.3 Å². The van der Waals surface area contributed by atoms with Gasteiger partial charge in [-0.15, -0.1) is 11.3 Å². The molecule has 1 aromatic carbocycles. The predicted octanol–water partition coefficient (Wildman–Crippen LogP) is 3.82. The second kappa shape index (κ2) is 8.73. The van der Waals surface area contributed by atoms with E-state index in [1.807, 2.05) is 19.1 Å². The van der Waals surface area contributed by atoms with Crippen LogP contribution in [0.25, 0.3) is 0 Å². The molecule has 0 fully saturated rings. The fraction of sp³-hybridized carbons (Fsp3) is 0.294. The molecule has 0 aliphatic carbocycles. The number of methoxy groups -OCH3 is 1. The van der Waals surface area contributed by atoms with Gasteiger partial charge in [-0.25, -0.2) is 4.79 Å². The van der Waals surface area contributed by atoms with Gasteiger partial charge in [-0.2, -0.15) is 0 Å². The average molecular weight is 382 g/mol. The number of hydrogen-bond donors (Lipinski definition) is 2. The van der Waals surface area contributed by atoms with Gasteiger partial charge in [-0.3, -0.25) is 4.79 Å². The number of urea groups is 1. The Hall–Kier alpha value is -2.25. The minimum Gasteiger partial charge on any atom is -0.495 e. The zero-order valence-electron chi connectivity index (χ0n) is 14.3. The summed E-state index contributed by atoms with van der Waals surface area (Å²) in [7, 11) is 3.06. The van der Waals surface area contributed by atoms with Crippen molar-refractivity contribution in [2.24, 2.45) is 0 Å². The Balaban J connectivity index is 2.17. The Bertz CT molecular complexity index is 763. The van der Waals surface area contributed by atoms with Crippen molar-refractivity contribution < 1.29 is 14.3 Å². The molecule has 2 aromatic rings. The highest BCUT2D eigenvalue weighted by atomic mass is 35.5. The molecule has 0 saturated heterocycles. The molecule has 2 N–H and O–H groups in total. The Morgan fingerprint density at radius 3 is 2.60 bits per heavy atom. The second-order valence-corrected chi connectivity index (χ2v) is 6.94. The van der Waals surface area contributed by atoms with E-state index < -0.39 is 0 Å². The Labute approximate surface area is 155 Å². The predicted molar refractivity (Wildman–Crippen MR) is 101 cm³/mol. The summed E-state index contributed by atoms with van der Waals surface area (Å²) in [6.07, 6.45) is 0. The first-order valence-electron chi connectivity index (χ1n) is 7.68. The molecule has 0 saturated carbocycles. The molecule has 134 valence electrons. The second-order valence-electron chi connectivity index (χ2n) is 5.14. The largest absolute Gasteiger partial charge is 0.495 e. The van der Waals surface area contributed by atoms with Crippen LogP contribution in [0.2, 0.25) is 4.34 Å². The molecule has 0 spiro atoms. The Morgan fingerprint density at radius 2 is 2.04 bits per heavy atom. The molecule has 2 rings (SSSR count). The number of thiophene rings is 1. The highest BCUT2D eigenvalue weighted by Gasteiger charge is 2.17. The number of halogens is 1. The highest BCUT2D eigenvalue weighted by molar-refractivity contribution is 7.16. The quantitative estimate of drug-likeness (QED) is 0.799. The van der Waals surface area contributed by atoms with Crippen molar-refractivity contribution in [3.05, 3.63) is 45.1 Å². The van der Waals surface area contributed by atoms with E-state index in [9.17, 15) is 9.59 Å². The molecule has 0 aliphatic heterocycles. The van der Waals surface area contributed by atoms with Gasteiger partial charge in [0.1, 0.15) is 5.75 Å². The van der Waals surface area contributed by atoms with Crippen molar-refractivity contribution in [2.45, 2.75) is 13.5 Å². The maximum atomic E-state index is 12.6. The van der Waals surface area contributed by atoms with Gasteiger partial charge in [0.05, 0.1) is 23.7 Å². The van der Waals surface area contributed by atoms with E-state index in [1.54, 1.807) is 30.1 Å². The lowest BCUT2D eigenvalue weighted by Crippen LogP contribution is -2.34. The zero-order valence-corrected chi connectivity index (χ0v) is 15.8. The van der Waals surface area contributed by atoms with Gasteiger partial charge in [0.2, 0.25) is 0 Å². The summed E-state index contributed by atoms with van der Waals surface area (Å²) < 4.78 is 5.96. The molecular weight excluding hydrogens is 362 g/mol. The van der Waals surface area contributed by atoms with Crippen LogP contribution in [0.15, 0.2) is 30.3 Å². The minimum atomic E-state index is -0.278. The van der Waals surface area contributed by atoms with Crippen molar-refractivity contribution in [2.75, 3.05) is 26.0 Å². The number of rotatable bonds is 6. The first kappa shape index (κ1) is 19.1. The summed E-state index contributed by atoms with van der Waals surface area (Å²) in [5.74, 6) is 0.245. The van der Waals surface area contributed by atoms with Gasteiger partial charge in [0.25, 0.3) is 5.91 Å². The fourth-order valence-electron chi connectivity index (χ4n) is 2.24. The van der Waals surface area contributed by atoms with Crippen molar-refractivity contribution in [1.82, 2.24) is 10.2 Å². The summed E-state index contributed by atoms with van der Waals surface area (Å²) in [6.45, 7) is 2.88. The number of nitrogens with zero attached hydrogens (tertiary/aromatic N) is 1. The molecule has 3 amide bonds. The van der Waals surface area contributed by atoms with Crippen LogP contribution in [-0.4, -0.2) is 37.5 Å². The highest BCUT2D eigenvalue weighted by Crippen LogP contribution is 2.27. The normalized spacial score (nSPS) is 10.2. The average Bonchev–Trinajstić information content (AvgIpc) is 3.03. The van der Waals surface area contributed by atoms with E-state index >= 15 is 0 Å². The number of nitrogens with one attached hydrogen (secondary N) is 2. The first-order chi connectivity index (χ1) is 12.0. The number of benzene rings is 1. The van der Waals surface area contributed by atoms with Crippen LogP contribution >= 0.6 is 22.9 Å². The van der Waals surface area contributed by atoms with Gasteiger partial charge in [-0.1, -0.05) is 11.6 Å². The van der Waals surface area contributed by atoms with Crippen molar-refractivity contribution in [3.63, 3.8) is 0 Å². The number of hydrogen-bond acceptors (Lipinski definition) is 4. The topological polar surface area (TPSA) is 70.7 Å². The molecule has 0 aliphatic rings. The summed E-state index contributed by atoms with van der Waals surface area (Å²) in [4.78, 5) is 27.0. The SMILES string of the molecule is CCN(Cc1ccc(Cl)s1)C(=O)Nc1cc(C(=O)NC)ccc1OC. The number of anilines is 1. The van der Waals surface area contributed by atoms with E-state index in [1.165, 1.54) is 18.4 Å². The van der Waals surface area contributed by atoms with Crippen LogP contribution in [0.1, 0.15) is 22.2 Å². The van der Waals surface area contributed by atoms with Crippen LogP contribution in [-0.2, 0) is 6.54 Å². The molecular formula is C17H20ClN3O3S. The van der Waals surface area contributed by atoms with Crippen LogP contribution in [0.4, 0.5) is 10.5 Å². The lowest BCUT2D eigenvalue weighted by atomic mass is 10.1. The molecule has 0 bridgehead atoms. The van der Waals surface area contributed by atoms with E-state index in [0.717, 1.165) is 4.88 Å². The minimum absolute atomic E-state index is 0.237. The number of amides is 3. The lowest BCUT2D eigenvalue weighted by molar-refractivity contribution is 0.0963. The monoisotopic (exact) mass is 381 g/mol. The molecule has 1 heterocycles. The molecule has 6 nitrogen and oxygen atoms in total. The third-order valence-electron chi connectivity index (χ3n) is 3.57. The third-order valence-corrected chi connectivity index (χ3v) is 4.79. The van der Waals surface area contributed by atoms with Crippen molar-refractivity contribution in [1.29, 1.82) is 0 Å². The number of carbonyl (C=O) groups is 2. The van der Waals surface area contributed by atoms with Crippen LogP contribution in [0.5, 0.6) is 5.75 Å². The molecule has 1 aromatic heterocycles. The third kappa shape index (κ3) is 4.87. The standard InChI is InChI=1S/C17H20ClN3O3S/c1-4-21(10-12-6-8-15(18)25-12)17(23)20-13-9-11(16(22)19-2)5-7-14(13)24-3/h5-9H,4,10H2,1-3H3,(H,19,22)(H,20,23). The summed E-state index contributed by atoms with van der Waals surface area (Å²) in [5.41, 5.74) is 0.878. The van der Waals surface area contributed by atoms with Gasteiger partial charge in [0, 0.05) is 24.0 Å². The van der Waals surface area contributed by atoms with Gasteiger partial charge in [-0.05, 0) is 37.3 Å². The van der Waals surface area contributed by atoms with E-state index in [2.05, 4.69) is 10.6 Å². The molecule has 0 radical (unpaired) electrons. The Morgan fingerprint density at radius 1 is 1.28 bits per heavy atom. The summed E-state index contributed by atoms with van der Waals surface area (Å²) in [5, 5.41) is 5.37. The van der Waals surface area contributed by atoms with Crippen LogP contribution < -0.4 is 15.4 Å². The van der Waals surface area contributed by atoms with E-state index in [0.29, 0.717) is 34.4 Å². The van der Waals surface area contributed by atoms with E-state index in [-0.39, 0.29) is 11.9 Å². The van der Waals surface area contributed by atoms with Crippen LogP contribution in [0, 0.1) is 0 Å². The summed E-state index contributed by atoms with van der Waals surface area (Å²) in [6, 6.07) is 8.30. The Kier molecular flexibility index (Phi) is 6.66. The van der Waals surface area contributed by atoms with Crippen molar-refractivity contribution in [3.8, 4) is 5.75 Å². The maximum absolute atomic E-state index is 12.6. The van der Waals surface area contributed by atoms with Crippen molar-refractivity contribution >= 4 is 40.6 Å². The maximum Gasteiger partial charge on any atom is 0.322 e. The summed E-state index contributed by atoms with van der Waals surface area (Å²) >= 11 is 7.38. The van der Waals surface area contributed by atoms with Gasteiger partial charge >= 0.3 is 6.03 Å². The molecule has 25 heavy (non-hydrogen) atoms. The fourth-order valence-corrected chi connectivity index (χ4v) is 3.34. The molecule has 0 unspecified atom stereocenters. The number of carbonyl (C=O) groups excluding carboxylic acids is 2. The smallest absolute Gasteiger partial charge is 0.322 e. The first-order valence-corrected chi connectivity index (χ1v) is 8.88. The zero-order chi connectivity index (χ0) is 18.4.